The third-order valence-corrected chi connectivity index (χ3v) is 3.16. The van der Waals surface area contributed by atoms with Gasteiger partial charge < -0.3 is 9.72 Å². The van der Waals surface area contributed by atoms with E-state index in [2.05, 4.69) is 16.9 Å². The van der Waals surface area contributed by atoms with E-state index in [0.29, 0.717) is 18.2 Å². The maximum absolute atomic E-state index is 12.0. The molecule has 0 fully saturated rings. The van der Waals surface area contributed by atoms with Crippen molar-refractivity contribution in [3.8, 4) is 5.75 Å². The quantitative estimate of drug-likeness (QED) is 0.854. The van der Waals surface area contributed by atoms with Crippen LogP contribution in [0, 0.1) is 5.92 Å². The Morgan fingerprint density at radius 3 is 3.26 bits per heavy atom. The van der Waals surface area contributed by atoms with Crippen molar-refractivity contribution in [3.05, 3.63) is 36.8 Å². The molecule has 0 bridgehead atoms. The number of fused-ring (bicyclic) bond motifs is 1. The first-order chi connectivity index (χ1) is 9.22. The van der Waals surface area contributed by atoms with E-state index in [0.717, 1.165) is 17.5 Å². The van der Waals surface area contributed by atoms with Crippen LogP contribution in [0.15, 0.2) is 36.8 Å². The average Bonchev–Trinajstić information content (AvgIpc) is 2.86. The van der Waals surface area contributed by atoms with Gasteiger partial charge in [0.25, 0.3) is 0 Å². The third kappa shape index (κ3) is 2.45. The summed E-state index contributed by atoms with van der Waals surface area (Å²) in [6.07, 6.45) is 6.06. The van der Waals surface area contributed by atoms with Gasteiger partial charge >= 0.3 is 6.09 Å². The lowest BCUT2D eigenvalue weighted by Gasteiger charge is -2.24. The summed E-state index contributed by atoms with van der Waals surface area (Å²) < 4.78 is 5.37. The molecule has 0 radical (unpaired) electrons. The van der Waals surface area contributed by atoms with Gasteiger partial charge in [0.15, 0.2) is 0 Å². The van der Waals surface area contributed by atoms with Gasteiger partial charge in [-0.3, -0.25) is 4.90 Å². The van der Waals surface area contributed by atoms with E-state index in [1.807, 2.05) is 12.1 Å². The van der Waals surface area contributed by atoms with Gasteiger partial charge in [0, 0.05) is 18.8 Å². The summed E-state index contributed by atoms with van der Waals surface area (Å²) in [5, 5.41) is 0. The van der Waals surface area contributed by atoms with Gasteiger partial charge in [0.05, 0.1) is 17.4 Å². The number of carbonyl (C=O) groups excluding carboxylic acids is 1. The van der Waals surface area contributed by atoms with Gasteiger partial charge in [0.2, 0.25) is 0 Å². The van der Waals surface area contributed by atoms with Crippen LogP contribution in [0.5, 0.6) is 5.75 Å². The van der Waals surface area contributed by atoms with Gasteiger partial charge in [0.1, 0.15) is 5.75 Å². The zero-order valence-corrected chi connectivity index (χ0v) is 10.7. The normalized spacial score (nSPS) is 18.8. The Morgan fingerprint density at radius 1 is 1.53 bits per heavy atom. The van der Waals surface area contributed by atoms with Gasteiger partial charge in [-0.25, -0.2) is 9.78 Å². The first kappa shape index (κ1) is 11.8. The van der Waals surface area contributed by atoms with E-state index in [9.17, 15) is 4.79 Å². The molecule has 0 aliphatic carbocycles. The van der Waals surface area contributed by atoms with Crippen molar-refractivity contribution in [2.45, 2.75) is 13.3 Å². The highest BCUT2D eigenvalue weighted by atomic mass is 16.6. The molecule has 1 atom stereocenters. The lowest BCUT2D eigenvalue weighted by Crippen LogP contribution is -2.34. The maximum atomic E-state index is 12.0. The number of hydrogen-bond acceptors (Lipinski definition) is 3. The molecule has 98 valence electrons. The van der Waals surface area contributed by atoms with Crippen LogP contribution in [0.3, 0.4) is 0 Å². The Balaban J connectivity index is 1.75. The molecular weight excluding hydrogens is 242 g/mol. The van der Waals surface area contributed by atoms with Crippen LogP contribution in [0.25, 0.3) is 11.0 Å². The fraction of sp³-hybridized carbons (Fsp3) is 0.286. The van der Waals surface area contributed by atoms with Gasteiger partial charge in [-0.1, -0.05) is 13.0 Å². The smallest absolute Gasteiger partial charge is 0.410 e. The Bertz CT molecular complexity index is 632. The Morgan fingerprint density at radius 2 is 2.42 bits per heavy atom. The maximum Gasteiger partial charge on any atom is 0.419 e. The van der Waals surface area contributed by atoms with E-state index in [1.54, 1.807) is 29.6 Å². The molecule has 1 aromatic heterocycles. The monoisotopic (exact) mass is 257 g/mol. The van der Waals surface area contributed by atoms with E-state index in [-0.39, 0.29) is 6.09 Å². The predicted octanol–water partition coefficient (Wildman–Crippen LogP) is 2.92. The van der Waals surface area contributed by atoms with Crippen LogP contribution in [-0.4, -0.2) is 27.5 Å². The largest absolute Gasteiger partial charge is 0.419 e. The van der Waals surface area contributed by atoms with Crippen LogP contribution in [0.2, 0.25) is 0 Å². The molecule has 1 aliphatic rings. The second-order valence-corrected chi connectivity index (χ2v) is 4.83. The number of nitrogens with one attached hydrogen (secondary N) is 1. The van der Waals surface area contributed by atoms with Gasteiger partial charge in [-0.2, -0.15) is 0 Å². The van der Waals surface area contributed by atoms with Gasteiger partial charge in [-0.15, -0.1) is 0 Å². The molecule has 0 spiro atoms. The first-order valence-corrected chi connectivity index (χ1v) is 6.30. The minimum atomic E-state index is -0.346. The molecule has 1 N–H and O–H groups in total. The van der Waals surface area contributed by atoms with Crippen molar-refractivity contribution < 1.29 is 9.53 Å². The number of rotatable bonds is 1. The topological polar surface area (TPSA) is 58.2 Å². The highest BCUT2D eigenvalue weighted by Gasteiger charge is 2.19. The van der Waals surface area contributed by atoms with E-state index in [4.69, 9.17) is 4.74 Å². The van der Waals surface area contributed by atoms with E-state index < -0.39 is 0 Å². The summed E-state index contributed by atoms with van der Waals surface area (Å²) in [4.78, 5) is 20.7. The summed E-state index contributed by atoms with van der Waals surface area (Å²) in [6, 6.07) is 5.35. The summed E-state index contributed by atoms with van der Waals surface area (Å²) >= 11 is 0. The number of amides is 1. The minimum Gasteiger partial charge on any atom is -0.410 e. The second-order valence-electron chi connectivity index (χ2n) is 4.83. The summed E-state index contributed by atoms with van der Waals surface area (Å²) in [5.74, 6) is 0.987. The molecule has 2 aromatic rings. The molecule has 3 rings (SSSR count). The van der Waals surface area contributed by atoms with Crippen molar-refractivity contribution >= 4 is 17.1 Å². The van der Waals surface area contributed by atoms with Crippen LogP contribution < -0.4 is 4.74 Å². The minimum absolute atomic E-state index is 0.346. The number of carbonyl (C=O) groups is 1. The molecule has 1 amide bonds. The Hall–Kier alpha value is -2.30. The lowest BCUT2D eigenvalue weighted by atomic mass is 10.1. The number of ether oxygens (including phenoxy) is 1. The lowest BCUT2D eigenvalue weighted by molar-refractivity contribution is 0.162. The van der Waals surface area contributed by atoms with Crippen molar-refractivity contribution in [2.24, 2.45) is 5.92 Å². The summed E-state index contributed by atoms with van der Waals surface area (Å²) in [6.45, 7) is 2.81. The first-order valence-electron chi connectivity index (χ1n) is 6.30. The number of hydrogen-bond donors (Lipinski definition) is 1. The van der Waals surface area contributed by atoms with Crippen LogP contribution in [0.4, 0.5) is 4.79 Å². The van der Waals surface area contributed by atoms with Crippen molar-refractivity contribution in [2.75, 3.05) is 6.54 Å². The fourth-order valence-corrected chi connectivity index (χ4v) is 2.16. The second kappa shape index (κ2) is 4.76. The molecular formula is C14H15N3O2. The molecule has 5 heteroatoms. The van der Waals surface area contributed by atoms with Crippen LogP contribution in [0.1, 0.15) is 13.3 Å². The average molecular weight is 257 g/mol. The number of imidazole rings is 1. The van der Waals surface area contributed by atoms with E-state index in [1.165, 1.54) is 0 Å². The zero-order valence-electron chi connectivity index (χ0n) is 10.7. The SMILES string of the molecule is CC1CC=CN(C(=O)Oc2ccc3nc[nH]c3c2)C1. The standard InChI is InChI=1S/C14H15N3O2/c1-10-3-2-6-17(8-10)14(18)19-11-4-5-12-13(7-11)16-9-15-12/h2,4-7,9-10H,3,8H2,1H3,(H,15,16). The molecule has 2 heterocycles. The summed E-state index contributed by atoms with van der Waals surface area (Å²) in [5.41, 5.74) is 1.71. The molecule has 1 aromatic carbocycles. The van der Waals surface area contributed by atoms with Crippen molar-refractivity contribution in [1.29, 1.82) is 0 Å². The number of H-pyrrole nitrogens is 1. The molecule has 5 nitrogen and oxygen atoms in total. The summed E-state index contributed by atoms with van der Waals surface area (Å²) in [7, 11) is 0. The fourth-order valence-electron chi connectivity index (χ4n) is 2.16. The number of nitrogens with zero attached hydrogens (tertiary/aromatic N) is 2. The van der Waals surface area contributed by atoms with Crippen molar-refractivity contribution in [3.63, 3.8) is 0 Å². The molecule has 1 aliphatic heterocycles. The number of benzene rings is 1. The highest BCUT2D eigenvalue weighted by molar-refractivity contribution is 5.78. The van der Waals surface area contributed by atoms with Crippen LogP contribution in [-0.2, 0) is 0 Å². The molecule has 0 saturated heterocycles. The highest BCUT2D eigenvalue weighted by Crippen LogP contribution is 2.20. The van der Waals surface area contributed by atoms with E-state index >= 15 is 0 Å². The molecule has 0 saturated carbocycles. The Kier molecular flexibility index (Phi) is 2.95. The zero-order chi connectivity index (χ0) is 13.2. The van der Waals surface area contributed by atoms with Crippen molar-refractivity contribution in [1.82, 2.24) is 14.9 Å². The number of allylic oxidation sites excluding steroid dienone is 1. The molecule has 1 unspecified atom stereocenters. The van der Waals surface area contributed by atoms with Crippen LogP contribution >= 0.6 is 0 Å². The number of aromatic nitrogens is 2. The Labute approximate surface area is 110 Å². The number of aromatic amines is 1. The third-order valence-electron chi connectivity index (χ3n) is 3.16. The predicted molar refractivity (Wildman–Crippen MR) is 71.7 cm³/mol. The molecule has 19 heavy (non-hydrogen) atoms. The van der Waals surface area contributed by atoms with Gasteiger partial charge in [-0.05, 0) is 24.5 Å².